The smallest absolute Gasteiger partial charge is 0.225 e. The number of methoxy groups -OCH3 is 2. The van der Waals surface area contributed by atoms with Gasteiger partial charge in [0.1, 0.15) is 18.1 Å². The lowest BCUT2D eigenvalue weighted by Crippen LogP contribution is -2.50. The Hall–Kier alpha value is -2.85. The molecule has 9 nitrogen and oxygen atoms in total. The van der Waals surface area contributed by atoms with Gasteiger partial charge in [0, 0.05) is 50.7 Å². The Kier molecular flexibility index (Phi) is 12.7. The topological polar surface area (TPSA) is 84.5 Å². The van der Waals surface area contributed by atoms with Crippen molar-refractivity contribution in [2.45, 2.75) is 64.2 Å². The van der Waals surface area contributed by atoms with E-state index in [2.05, 4.69) is 78.7 Å². The van der Waals surface area contributed by atoms with E-state index in [0.29, 0.717) is 19.8 Å². The highest BCUT2D eigenvalue weighted by Gasteiger charge is 2.37. The van der Waals surface area contributed by atoms with Crippen LogP contribution in [-0.4, -0.2) is 97.2 Å². The maximum atomic E-state index is 13.1. The zero-order chi connectivity index (χ0) is 31.5. The average Bonchev–Trinajstić information content (AvgIpc) is 3.02. The van der Waals surface area contributed by atoms with E-state index in [9.17, 15) is 4.79 Å². The molecule has 1 fully saturated rings. The summed E-state index contributed by atoms with van der Waals surface area (Å²) in [5, 5.41) is 6.89. The van der Waals surface area contributed by atoms with Crippen LogP contribution in [0, 0.1) is 5.41 Å². The Morgan fingerprint density at radius 1 is 1.14 bits per heavy atom. The van der Waals surface area contributed by atoms with Crippen LogP contribution in [0.1, 0.15) is 56.6 Å². The fourth-order valence-electron chi connectivity index (χ4n) is 6.29. The van der Waals surface area contributed by atoms with Gasteiger partial charge in [0.15, 0.2) is 0 Å². The summed E-state index contributed by atoms with van der Waals surface area (Å²) in [5.74, 6) is 2.08. The van der Waals surface area contributed by atoms with Crippen molar-refractivity contribution in [2.75, 3.05) is 79.2 Å². The first-order valence-corrected chi connectivity index (χ1v) is 16.1. The van der Waals surface area contributed by atoms with Crippen molar-refractivity contribution in [3.05, 3.63) is 53.6 Å². The van der Waals surface area contributed by atoms with Crippen molar-refractivity contribution in [1.82, 2.24) is 15.5 Å². The molecule has 3 atom stereocenters. The lowest BCUT2D eigenvalue weighted by molar-refractivity contribution is -0.130. The second kappa shape index (κ2) is 16.5. The van der Waals surface area contributed by atoms with Crippen LogP contribution in [0.15, 0.2) is 42.5 Å². The minimum atomic E-state index is -0.478. The van der Waals surface area contributed by atoms with E-state index in [1.165, 1.54) is 5.56 Å². The van der Waals surface area contributed by atoms with Crippen molar-refractivity contribution < 1.29 is 23.7 Å². The van der Waals surface area contributed by atoms with Crippen molar-refractivity contribution in [3.63, 3.8) is 0 Å². The Labute approximate surface area is 264 Å². The van der Waals surface area contributed by atoms with Crippen molar-refractivity contribution in [2.24, 2.45) is 5.41 Å². The van der Waals surface area contributed by atoms with Crippen LogP contribution in [-0.2, 0) is 20.9 Å². The van der Waals surface area contributed by atoms with Gasteiger partial charge >= 0.3 is 0 Å². The number of piperidine rings is 1. The van der Waals surface area contributed by atoms with Crippen LogP contribution in [0.4, 0.5) is 5.69 Å². The van der Waals surface area contributed by atoms with Gasteiger partial charge in [-0.3, -0.25) is 4.79 Å². The average molecular weight is 611 g/mol. The van der Waals surface area contributed by atoms with Crippen LogP contribution < -0.4 is 25.0 Å². The fraction of sp³-hybridized carbons (Fsp3) is 0.629. The predicted molar refractivity (Wildman–Crippen MR) is 176 cm³/mol. The molecule has 244 valence electrons. The molecule has 0 radical (unpaired) electrons. The minimum Gasteiger partial charge on any atom is -0.497 e. The monoisotopic (exact) mass is 610 g/mol. The summed E-state index contributed by atoms with van der Waals surface area (Å²) in [7, 11) is 7.55. The third kappa shape index (κ3) is 9.57. The molecule has 44 heavy (non-hydrogen) atoms. The number of benzene rings is 2. The van der Waals surface area contributed by atoms with Crippen LogP contribution in [0.25, 0.3) is 0 Å². The molecule has 9 heteroatoms. The maximum absolute atomic E-state index is 13.1. The van der Waals surface area contributed by atoms with Gasteiger partial charge in [-0.2, -0.15) is 0 Å². The summed E-state index contributed by atoms with van der Waals surface area (Å²) in [6, 6.07) is 14.9. The zero-order valence-electron chi connectivity index (χ0n) is 27.7. The van der Waals surface area contributed by atoms with E-state index < -0.39 is 5.41 Å². The number of amides is 1. The lowest BCUT2D eigenvalue weighted by Gasteiger charge is -2.40. The SMILES string of the molecule is COCCCN1CCOc2ccc(CO[C@H]3CN[C@H](CC(C)(C)C(=O)NCCCN(C)C)C[C@@H]3c3ccc(OC)cc3)cc21. The molecule has 0 bridgehead atoms. The molecule has 4 rings (SSSR count). The zero-order valence-corrected chi connectivity index (χ0v) is 27.7. The Morgan fingerprint density at radius 2 is 1.93 bits per heavy atom. The molecule has 1 saturated heterocycles. The van der Waals surface area contributed by atoms with Gasteiger partial charge in [-0.25, -0.2) is 0 Å². The van der Waals surface area contributed by atoms with E-state index >= 15 is 0 Å². The highest BCUT2D eigenvalue weighted by Crippen LogP contribution is 2.37. The fourth-order valence-corrected chi connectivity index (χ4v) is 6.29. The first kappa shape index (κ1) is 34.0. The number of hydrogen-bond donors (Lipinski definition) is 2. The standard InChI is InChI=1S/C35H54N4O5/c1-35(2,34(40)36-15-7-16-38(3)4)23-28-22-30(27-10-12-29(42-6)13-11-27)33(24-37-28)44-25-26-9-14-32-31(21-26)39(18-20-43-32)17-8-19-41-5/h9-14,21,28,30,33,37H,7-8,15-20,22-25H2,1-6H3,(H,36,40)/t28-,30+,33-/m0/s1. The molecule has 0 saturated carbocycles. The first-order valence-electron chi connectivity index (χ1n) is 16.1. The molecular weight excluding hydrogens is 556 g/mol. The largest absolute Gasteiger partial charge is 0.497 e. The van der Waals surface area contributed by atoms with Crippen molar-refractivity contribution in [1.29, 1.82) is 0 Å². The molecule has 2 aliphatic rings. The van der Waals surface area contributed by atoms with Gasteiger partial charge in [0.2, 0.25) is 5.91 Å². The van der Waals surface area contributed by atoms with Gasteiger partial charge in [-0.15, -0.1) is 0 Å². The number of carbonyl (C=O) groups excluding carboxylic acids is 1. The Balaban J connectivity index is 1.42. The quantitative estimate of drug-likeness (QED) is 0.270. The summed E-state index contributed by atoms with van der Waals surface area (Å²) in [4.78, 5) is 17.6. The summed E-state index contributed by atoms with van der Waals surface area (Å²) in [5.41, 5.74) is 3.02. The highest BCUT2D eigenvalue weighted by molar-refractivity contribution is 5.81. The van der Waals surface area contributed by atoms with E-state index in [0.717, 1.165) is 81.2 Å². The number of fused-ring (bicyclic) bond motifs is 1. The Bertz CT molecular complexity index is 1170. The molecule has 0 spiro atoms. The predicted octanol–water partition coefficient (Wildman–Crippen LogP) is 4.45. The molecule has 0 unspecified atom stereocenters. The third-order valence-electron chi connectivity index (χ3n) is 8.80. The molecule has 1 amide bonds. The van der Waals surface area contributed by atoms with Gasteiger partial charge in [-0.05, 0) is 81.7 Å². The van der Waals surface area contributed by atoms with Gasteiger partial charge in [0.25, 0.3) is 0 Å². The maximum Gasteiger partial charge on any atom is 0.225 e. The molecule has 0 aromatic heterocycles. The normalized spacial score (nSPS) is 20.2. The second-order valence-electron chi connectivity index (χ2n) is 13.1. The van der Waals surface area contributed by atoms with Gasteiger partial charge in [-0.1, -0.05) is 32.0 Å². The van der Waals surface area contributed by atoms with Crippen LogP contribution in [0.3, 0.4) is 0 Å². The van der Waals surface area contributed by atoms with Gasteiger partial charge < -0.3 is 39.4 Å². The van der Waals surface area contributed by atoms with Gasteiger partial charge in [0.05, 0.1) is 32.1 Å². The van der Waals surface area contributed by atoms with E-state index in [1.807, 2.05) is 12.1 Å². The second-order valence-corrected chi connectivity index (χ2v) is 13.1. The van der Waals surface area contributed by atoms with E-state index in [-0.39, 0.29) is 24.0 Å². The number of ether oxygens (including phenoxy) is 4. The molecule has 2 N–H and O–H groups in total. The molecule has 2 aliphatic heterocycles. The summed E-state index contributed by atoms with van der Waals surface area (Å²) in [6.45, 7) is 10.3. The molecule has 0 aliphatic carbocycles. The molecule has 2 heterocycles. The molecular formula is C35H54N4O5. The molecule has 2 aromatic carbocycles. The summed E-state index contributed by atoms with van der Waals surface area (Å²) < 4.78 is 23.3. The third-order valence-corrected chi connectivity index (χ3v) is 8.80. The number of rotatable bonds is 16. The van der Waals surface area contributed by atoms with Crippen molar-refractivity contribution in [3.8, 4) is 11.5 Å². The molecule has 2 aromatic rings. The lowest BCUT2D eigenvalue weighted by atomic mass is 9.77. The van der Waals surface area contributed by atoms with Crippen LogP contribution in [0.5, 0.6) is 11.5 Å². The van der Waals surface area contributed by atoms with Crippen LogP contribution >= 0.6 is 0 Å². The number of nitrogens with one attached hydrogen (secondary N) is 2. The first-order chi connectivity index (χ1) is 21.2. The number of carbonyl (C=O) groups is 1. The van der Waals surface area contributed by atoms with Crippen molar-refractivity contribution >= 4 is 11.6 Å². The van der Waals surface area contributed by atoms with Crippen LogP contribution in [0.2, 0.25) is 0 Å². The minimum absolute atomic E-state index is 0.00675. The van der Waals surface area contributed by atoms with E-state index in [4.69, 9.17) is 18.9 Å². The highest BCUT2D eigenvalue weighted by atomic mass is 16.5. The van der Waals surface area contributed by atoms with E-state index in [1.54, 1.807) is 14.2 Å². The number of anilines is 1. The number of hydrogen-bond acceptors (Lipinski definition) is 8. The summed E-state index contributed by atoms with van der Waals surface area (Å²) in [6.07, 6.45) is 3.56. The summed E-state index contributed by atoms with van der Waals surface area (Å²) >= 11 is 0. The Morgan fingerprint density at radius 3 is 2.66 bits per heavy atom. The number of nitrogens with zero attached hydrogens (tertiary/aromatic N) is 2.